The number of nitrogens with zero attached hydrogens (tertiary/aromatic N) is 3. The summed E-state index contributed by atoms with van der Waals surface area (Å²) in [5.74, 6) is 1.01. The van der Waals surface area contributed by atoms with E-state index >= 15 is 0 Å². The fourth-order valence-electron chi connectivity index (χ4n) is 2.25. The fraction of sp³-hybridized carbons (Fsp3) is 0.385. The zero-order chi connectivity index (χ0) is 12.4. The number of hydrogen-bond acceptors (Lipinski definition) is 4. The number of benzene rings is 1. The van der Waals surface area contributed by atoms with Crippen molar-refractivity contribution >= 4 is 32.7 Å². The molecule has 2 heterocycles. The summed E-state index contributed by atoms with van der Waals surface area (Å²) >= 11 is 3.48. The summed E-state index contributed by atoms with van der Waals surface area (Å²) in [6, 6.07) is 8.11. The number of ether oxygens (including phenoxy) is 1. The molecule has 0 saturated carbocycles. The first-order valence-electron chi connectivity index (χ1n) is 6.01. The SMILES string of the molecule is BrCC1CN(c2ncnc3ccccc23)CCO1. The van der Waals surface area contributed by atoms with Crippen LogP contribution in [0.4, 0.5) is 5.82 Å². The molecule has 18 heavy (non-hydrogen) atoms. The average molecular weight is 308 g/mol. The van der Waals surface area contributed by atoms with E-state index in [1.165, 1.54) is 0 Å². The monoisotopic (exact) mass is 307 g/mol. The Labute approximate surface area is 114 Å². The van der Waals surface area contributed by atoms with Gasteiger partial charge in [-0.25, -0.2) is 9.97 Å². The van der Waals surface area contributed by atoms with Gasteiger partial charge in [-0.05, 0) is 12.1 Å². The lowest BCUT2D eigenvalue weighted by Crippen LogP contribution is -2.43. The summed E-state index contributed by atoms with van der Waals surface area (Å²) in [6.45, 7) is 2.49. The predicted octanol–water partition coefficient (Wildman–Crippen LogP) is 2.23. The van der Waals surface area contributed by atoms with Crippen molar-refractivity contribution in [3.8, 4) is 0 Å². The number of halogens is 1. The molecule has 1 aliphatic rings. The second-order valence-electron chi connectivity index (χ2n) is 4.31. The molecule has 1 atom stereocenters. The van der Waals surface area contributed by atoms with Crippen LogP contribution in [0.1, 0.15) is 0 Å². The lowest BCUT2D eigenvalue weighted by atomic mass is 10.2. The number of aromatic nitrogens is 2. The van der Waals surface area contributed by atoms with Crippen LogP contribution in [0, 0.1) is 0 Å². The molecule has 3 rings (SSSR count). The first kappa shape index (κ1) is 11.9. The molecule has 1 aromatic heterocycles. The number of anilines is 1. The van der Waals surface area contributed by atoms with E-state index in [1.54, 1.807) is 6.33 Å². The molecule has 5 heteroatoms. The van der Waals surface area contributed by atoms with Crippen molar-refractivity contribution < 1.29 is 4.74 Å². The van der Waals surface area contributed by atoms with Crippen molar-refractivity contribution in [2.75, 3.05) is 29.9 Å². The van der Waals surface area contributed by atoms with Crippen LogP contribution >= 0.6 is 15.9 Å². The van der Waals surface area contributed by atoms with Crippen LogP contribution in [0.5, 0.6) is 0 Å². The van der Waals surface area contributed by atoms with Gasteiger partial charge in [0.1, 0.15) is 12.1 Å². The van der Waals surface area contributed by atoms with Crippen LogP contribution in [0.2, 0.25) is 0 Å². The summed E-state index contributed by atoms with van der Waals surface area (Å²) in [5.41, 5.74) is 0.990. The highest BCUT2D eigenvalue weighted by atomic mass is 79.9. The van der Waals surface area contributed by atoms with E-state index in [4.69, 9.17) is 4.74 Å². The third-order valence-corrected chi connectivity index (χ3v) is 3.85. The molecule has 0 radical (unpaired) electrons. The van der Waals surface area contributed by atoms with Gasteiger partial charge >= 0.3 is 0 Å². The second kappa shape index (κ2) is 5.20. The molecule has 4 nitrogen and oxygen atoms in total. The third-order valence-electron chi connectivity index (χ3n) is 3.13. The Morgan fingerprint density at radius 2 is 2.22 bits per heavy atom. The largest absolute Gasteiger partial charge is 0.374 e. The Bertz CT molecular complexity index is 543. The van der Waals surface area contributed by atoms with Gasteiger partial charge in [-0.1, -0.05) is 28.1 Å². The van der Waals surface area contributed by atoms with Crippen LogP contribution < -0.4 is 4.90 Å². The Morgan fingerprint density at radius 3 is 3.11 bits per heavy atom. The standard InChI is InChI=1S/C13H14BrN3O/c14-7-10-8-17(5-6-18-10)13-11-3-1-2-4-12(11)15-9-16-13/h1-4,9-10H,5-8H2. The van der Waals surface area contributed by atoms with Gasteiger partial charge < -0.3 is 9.64 Å². The average Bonchev–Trinajstić information content (AvgIpc) is 2.47. The molecular weight excluding hydrogens is 294 g/mol. The normalized spacial score (nSPS) is 20.3. The summed E-state index contributed by atoms with van der Waals surface area (Å²) in [5, 5.41) is 1.96. The predicted molar refractivity (Wildman–Crippen MR) is 75.3 cm³/mol. The van der Waals surface area contributed by atoms with Crippen molar-refractivity contribution in [2.45, 2.75) is 6.10 Å². The molecule has 1 aliphatic heterocycles. The number of rotatable bonds is 2. The van der Waals surface area contributed by atoms with Gasteiger partial charge in [0.05, 0.1) is 18.2 Å². The van der Waals surface area contributed by atoms with Gasteiger partial charge in [-0.15, -0.1) is 0 Å². The smallest absolute Gasteiger partial charge is 0.140 e. The van der Waals surface area contributed by atoms with E-state index in [9.17, 15) is 0 Å². The third kappa shape index (κ3) is 2.20. The van der Waals surface area contributed by atoms with E-state index in [-0.39, 0.29) is 6.10 Å². The van der Waals surface area contributed by atoms with Crippen molar-refractivity contribution in [1.82, 2.24) is 9.97 Å². The van der Waals surface area contributed by atoms with Gasteiger partial charge in [0.2, 0.25) is 0 Å². The Hall–Kier alpha value is -1.20. The molecule has 1 fully saturated rings. The molecule has 0 amide bonds. The Kier molecular flexibility index (Phi) is 3.43. The molecule has 1 saturated heterocycles. The molecule has 1 aromatic carbocycles. The minimum atomic E-state index is 0.229. The van der Waals surface area contributed by atoms with Gasteiger partial charge in [-0.2, -0.15) is 0 Å². The number of fused-ring (bicyclic) bond motifs is 1. The molecule has 1 unspecified atom stereocenters. The van der Waals surface area contributed by atoms with Crippen LogP contribution in [0.3, 0.4) is 0 Å². The van der Waals surface area contributed by atoms with Crippen LogP contribution in [0.25, 0.3) is 10.9 Å². The topological polar surface area (TPSA) is 38.2 Å². The number of alkyl halides is 1. The molecule has 94 valence electrons. The molecule has 0 N–H and O–H groups in total. The number of para-hydroxylation sites is 1. The van der Waals surface area contributed by atoms with Crippen LogP contribution in [-0.2, 0) is 4.74 Å². The minimum Gasteiger partial charge on any atom is -0.374 e. The maximum Gasteiger partial charge on any atom is 0.140 e. The highest BCUT2D eigenvalue weighted by Crippen LogP contribution is 2.24. The highest BCUT2D eigenvalue weighted by molar-refractivity contribution is 9.09. The van der Waals surface area contributed by atoms with Crippen LogP contribution in [0.15, 0.2) is 30.6 Å². The van der Waals surface area contributed by atoms with Crippen molar-refractivity contribution in [2.24, 2.45) is 0 Å². The second-order valence-corrected chi connectivity index (χ2v) is 4.96. The van der Waals surface area contributed by atoms with Crippen molar-refractivity contribution in [3.05, 3.63) is 30.6 Å². The summed E-state index contributed by atoms with van der Waals surface area (Å²) in [4.78, 5) is 11.0. The first-order valence-corrected chi connectivity index (χ1v) is 7.13. The summed E-state index contributed by atoms with van der Waals surface area (Å²) in [7, 11) is 0. The van der Waals surface area contributed by atoms with E-state index in [0.29, 0.717) is 0 Å². The molecule has 0 spiro atoms. The van der Waals surface area contributed by atoms with E-state index < -0.39 is 0 Å². The molecule has 2 aromatic rings. The quantitative estimate of drug-likeness (QED) is 0.798. The van der Waals surface area contributed by atoms with E-state index in [0.717, 1.165) is 41.7 Å². The number of hydrogen-bond donors (Lipinski definition) is 0. The molecule has 0 aliphatic carbocycles. The Balaban J connectivity index is 1.98. The number of morpholine rings is 1. The Morgan fingerprint density at radius 1 is 1.33 bits per heavy atom. The van der Waals surface area contributed by atoms with Crippen molar-refractivity contribution in [3.63, 3.8) is 0 Å². The minimum absolute atomic E-state index is 0.229. The van der Waals surface area contributed by atoms with Crippen LogP contribution in [-0.4, -0.2) is 41.1 Å². The lowest BCUT2D eigenvalue weighted by molar-refractivity contribution is 0.0569. The lowest BCUT2D eigenvalue weighted by Gasteiger charge is -2.33. The maximum absolute atomic E-state index is 5.66. The molecule has 0 bridgehead atoms. The van der Waals surface area contributed by atoms with E-state index in [1.807, 2.05) is 18.2 Å². The zero-order valence-electron chi connectivity index (χ0n) is 9.92. The summed E-state index contributed by atoms with van der Waals surface area (Å²) in [6.07, 6.45) is 1.86. The van der Waals surface area contributed by atoms with Gasteiger partial charge in [-0.3, -0.25) is 0 Å². The maximum atomic E-state index is 5.66. The summed E-state index contributed by atoms with van der Waals surface area (Å²) < 4.78 is 5.66. The highest BCUT2D eigenvalue weighted by Gasteiger charge is 2.21. The molecular formula is C13H14BrN3O. The van der Waals surface area contributed by atoms with E-state index in [2.05, 4.69) is 36.9 Å². The first-order chi connectivity index (χ1) is 8.88. The van der Waals surface area contributed by atoms with Crippen molar-refractivity contribution in [1.29, 1.82) is 0 Å². The van der Waals surface area contributed by atoms with Gasteiger partial charge in [0.25, 0.3) is 0 Å². The fourth-order valence-corrected chi connectivity index (χ4v) is 2.64. The zero-order valence-corrected chi connectivity index (χ0v) is 11.5. The van der Waals surface area contributed by atoms with Gasteiger partial charge in [0.15, 0.2) is 0 Å². The van der Waals surface area contributed by atoms with Gasteiger partial charge in [0, 0.05) is 23.8 Å².